The number of para-hydroxylation sites is 1. The van der Waals surface area contributed by atoms with Crippen LogP contribution in [0.4, 0.5) is 5.13 Å². The van der Waals surface area contributed by atoms with Gasteiger partial charge in [-0.2, -0.15) is 0 Å². The molecule has 0 aliphatic heterocycles. The van der Waals surface area contributed by atoms with E-state index >= 15 is 0 Å². The number of amides is 1. The van der Waals surface area contributed by atoms with E-state index in [0.29, 0.717) is 11.6 Å². The van der Waals surface area contributed by atoms with E-state index in [9.17, 15) is 4.79 Å². The fraction of sp³-hybridized carbons (Fsp3) is 0.429. The highest BCUT2D eigenvalue weighted by Crippen LogP contribution is 2.25. The topological polar surface area (TPSA) is 68.0 Å². The molecule has 0 bridgehead atoms. The number of benzene rings is 1. The Labute approximate surface area is 117 Å². The summed E-state index contributed by atoms with van der Waals surface area (Å²) in [7, 11) is 0. The van der Waals surface area contributed by atoms with Gasteiger partial charge in [-0.3, -0.25) is 4.79 Å². The number of carbonyl (C=O) groups excluding carboxylic acids is 1. The molecular formula is C14H19N3OS. The minimum atomic E-state index is 0.0480. The second kappa shape index (κ2) is 7.21. The molecule has 0 atom stereocenters. The number of anilines is 1. The first kappa shape index (κ1) is 14.0. The van der Waals surface area contributed by atoms with Crippen LogP contribution in [0.15, 0.2) is 24.3 Å². The Kier molecular flexibility index (Phi) is 5.30. The van der Waals surface area contributed by atoms with Gasteiger partial charge < -0.3 is 11.1 Å². The summed E-state index contributed by atoms with van der Waals surface area (Å²) in [6.45, 7) is 0.734. The number of nitrogens with one attached hydrogen (secondary N) is 1. The third kappa shape index (κ3) is 4.29. The maximum atomic E-state index is 11.8. The zero-order chi connectivity index (χ0) is 13.5. The molecule has 0 aliphatic rings. The molecule has 1 aromatic carbocycles. The van der Waals surface area contributed by atoms with Crippen molar-refractivity contribution in [2.75, 3.05) is 11.9 Å². The van der Waals surface area contributed by atoms with Crippen LogP contribution in [-0.4, -0.2) is 17.4 Å². The van der Waals surface area contributed by atoms with Crippen LogP contribution in [0.5, 0.6) is 0 Å². The van der Waals surface area contributed by atoms with Gasteiger partial charge in [0.05, 0.1) is 10.2 Å². The van der Waals surface area contributed by atoms with Crippen molar-refractivity contribution in [1.82, 2.24) is 4.98 Å². The lowest BCUT2D eigenvalue weighted by Crippen LogP contribution is -2.10. The smallest absolute Gasteiger partial charge is 0.226 e. The second-order valence-corrected chi connectivity index (χ2v) is 5.52. The van der Waals surface area contributed by atoms with Gasteiger partial charge in [-0.1, -0.05) is 36.3 Å². The van der Waals surface area contributed by atoms with Crippen molar-refractivity contribution in [2.45, 2.75) is 32.1 Å². The van der Waals surface area contributed by atoms with Gasteiger partial charge in [-0.25, -0.2) is 4.98 Å². The van der Waals surface area contributed by atoms with Crippen molar-refractivity contribution in [3.63, 3.8) is 0 Å². The maximum absolute atomic E-state index is 11.8. The third-order valence-electron chi connectivity index (χ3n) is 2.90. The SMILES string of the molecule is NCCCCCCC(=O)Nc1nc2ccccc2s1. The second-order valence-electron chi connectivity index (χ2n) is 4.49. The number of nitrogens with zero attached hydrogens (tertiary/aromatic N) is 1. The van der Waals surface area contributed by atoms with Crippen LogP contribution in [0.25, 0.3) is 10.2 Å². The van der Waals surface area contributed by atoms with E-state index < -0.39 is 0 Å². The van der Waals surface area contributed by atoms with Crippen LogP contribution in [0.2, 0.25) is 0 Å². The molecule has 1 amide bonds. The van der Waals surface area contributed by atoms with Crippen LogP contribution < -0.4 is 11.1 Å². The highest BCUT2D eigenvalue weighted by atomic mass is 32.1. The van der Waals surface area contributed by atoms with Gasteiger partial charge in [0.1, 0.15) is 0 Å². The molecule has 0 saturated carbocycles. The van der Waals surface area contributed by atoms with E-state index in [4.69, 9.17) is 5.73 Å². The van der Waals surface area contributed by atoms with Crippen LogP contribution in [-0.2, 0) is 4.79 Å². The van der Waals surface area contributed by atoms with Crippen LogP contribution in [0, 0.1) is 0 Å². The Hall–Kier alpha value is -1.46. The van der Waals surface area contributed by atoms with Crippen molar-refractivity contribution in [1.29, 1.82) is 0 Å². The molecule has 0 spiro atoms. The van der Waals surface area contributed by atoms with E-state index in [2.05, 4.69) is 10.3 Å². The Morgan fingerprint density at radius 2 is 2.00 bits per heavy atom. The van der Waals surface area contributed by atoms with Gasteiger partial charge in [0.2, 0.25) is 5.91 Å². The fourth-order valence-electron chi connectivity index (χ4n) is 1.89. The Bertz CT molecular complexity index is 505. The number of hydrogen-bond acceptors (Lipinski definition) is 4. The minimum Gasteiger partial charge on any atom is -0.330 e. The van der Waals surface area contributed by atoms with Crippen molar-refractivity contribution in [2.24, 2.45) is 5.73 Å². The van der Waals surface area contributed by atoms with E-state index in [1.807, 2.05) is 24.3 Å². The van der Waals surface area contributed by atoms with Gasteiger partial charge in [0.25, 0.3) is 0 Å². The number of aromatic nitrogens is 1. The van der Waals surface area contributed by atoms with Crippen LogP contribution >= 0.6 is 11.3 Å². The summed E-state index contributed by atoms with van der Waals surface area (Å²) in [6.07, 6.45) is 4.67. The van der Waals surface area contributed by atoms with Crippen molar-refractivity contribution >= 4 is 32.6 Å². The molecule has 3 N–H and O–H groups in total. The number of unbranched alkanes of at least 4 members (excludes halogenated alkanes) is 3. The summed E-state index contributed by atoms with van der Waals surface area (Å²) < 4.78 is 1.10. The highest BCUT2D eigenvalue weighted by molar-refractivity contribution is 7.22. The van der Waals surface area contributed by atoms with Gasteiger partial charge >= 0.3 is 0 Å². The number of rotatable bonds is 7. The lowest BCUT2D eigenvalue weighted by atomic mass is 10.1. The summed E-state index contributed by atoms with van der Waals surface area (Å²) in [5.74, 6) is 0.0480. The first-order chi connectivity index (χ1) is 9.29. The Balaban J connectivity index is 1.78. The molecular weight excluding hydrogens is 258 g/mol. The summed E-state index contributed by atoms with van der Waals surface area (Å²) in [6, 6.07) is 7.89. The standard InChI is InChI=1S/C14H19N3OS/c15-10-6-2-1-3-9-13(18)17-14-16-11-7-4-5-8-12(11)19-14/h4-5,7-8H,1-3,6,9-10,15H2,(H,16,17,18). The lowest BCUT2D eigenvalue weighted by Gasteiger charge is -2.01. The fourth-order valence-corrected chi connectivity index (χ4v) is 2.77. The lowest BCUT2D eigenvalue weighted by molar-refractivity contribution is -0.116. The Morgan fingerprint density at radius 3 is 2.79 bits per heavy atom. The van der Waals surface area contributed by atoms with E-state index in [1.165, 1.54) is 11.3 Å². The number of nitrogens with two attached hydrogens (primary N) is 1. The number of thiazole rings is 1. The van der Waals surface area contributed by atoms with E-state index in [0.717, 1.165) is 42.4 Å². The molecule has 0 fully saturated rings. The predicted octanol–water partition coefficient (Wildman–Crippen LogP) is 3.14. The molecule has 5 heteroatoms. The predicted molar refractivity (Wildman–Crippen MR) is 80.4 cm³/mol. The van der Waals surface area contributed by atoms with E-state index in [-0.39, 0.29) is 5.91 Å². The molecule has 0 aliphatic carbocycles. The van der Waals surface area contributed by atoms with Crippen molar-refractivity contribution in [3.8, 4) is 0 Å². The van der Waals surface area contributed by atoms with Crippen molar-refractivity contribution < 1.29 is 4.79 Å². The van der Waals surface area contributed by atoms with Crippen LogP contribution in [0.1, 0.15) is 32.1 Å². The molecule has 0 radical (unpaired) electrons. The molecule has 2 aromatic rings. The first-order valence-electron chi connectivity index (χ1n) is 6.65. The third-order valence-corrected chi connectivity index (χ3v) is 3.85. The summed E-state index contributed by atoms with van der Waals surface area (Å²) in [4.78, 5) is 16.1. The van der Waals surface area contributed by atoms with Gasteiger partial charge in [-0.15, -0.1) is 0 Å². The molecule has 102 valence electrons. The summed E-state index contributed by atoms with van der Waals surface area (Å²) in [5.41, 5.74) is 6.36. The first-order valence-corrected chi connectivity index (χ1v) is 7.47. The average molecular weight is 277 g/mol. The van der Waals surface area contributed by atoms with Gasteiger partial charge in [-0.05, 0) is 31.5 Å². The maximum Gasteiger partial charge on any atom is 0.226 e. The average Bonchev–Trinajstić information content (AvgIpc) is 2.80. The number of fused-ring (bicyclic) bond motifs is 1. The molecule has 1 heterocycles. The molecule has 19 heavy (non-hydrogen) atoms. The zero-order valence-corrected chi connectivity index (χ0v) is 11.7. The van der Waals surface area contributed by atoms with Crippen LogP contribution in [0.3, 0.4) is 0 Å². The molecule has 4 nitrogen and oxygen atoms in total. The highest BCUT2D eigenvalue weighted by Gasteiger charge is 2.06. The van der Waals surface area contributed by atoms with Gasteiger partial charge in [0.15, 0.2) is 5.13 Å². The Morgan fingerprint density at radius 1 is 1.21 bits per heavy atom. The molecule has 0 unspecified atom stereocenters. The number of hydrogen-bond donors (Lipinski definition) is 2. The minimum absolute atomic E-state index is 0.0480. The summed E-state index contributed by atoms with van der Waals surface area (Å²) >= 11 is 1.51. The molecule has 0 saturated heterocycles. The molecule has 1 aromatic heterocycles. The zero-order valence-electron chi connectivity index (χ0n) is 10.9. The quantitative estimate of drug-likeness (QED) is 0.764. The summed E-state index contributed by atoms with van der Waals surface area (Å²) in [5, 5.41) is 3.55. The largest absolute Gasteiger partial charge is 0.330 e. The van der Waals surface area contributed by atoms with E-state index in [1.54, 1.807) is 0 Å². The van der Waals surface area contributed by atoms with Crippen molar-refractivity contribution in [3.05, 3.63) is 24.3 Å². The monoisotopic (exact) mass is 277 g/mol. The molecule has 2 rings (SSSR count). The van der Waals surface area contributed by atoms with Gasteiger partial charge in [0, 0.05) is 6.42 Å². The number of carbonyl (C=O) groups is 1. The normalized spacial score (nSPS) is 10.8.